The highest BCUT2D eigenvalue weighted by molar-refractivity contribution is 6.05. The number of halogens is 1. The third-order valence-electron chi connectivity index (χ3n) is 3.60. The lowest BCUT2D eigenvalue weighted by Crippen LogP contribution is -2.40. The van der Waals surface area contributed by atoms with Crippen molar-refractivity contribution in [3.63, 3.8) is 0 Å². The van der Waals surface area contributed by atoms with E-state index in [4.69, 9.17) is 0 Å². The first-order chi connectivity index (χ1) is 11.0. The van der Waals surface area contributed by atoms with Gasteiger partial charge in [0.1, 0.15) is 17.8 Å². The molecule has 0 bridgehead atoms. The first kappa shape index (κ1) is 15.0. The summed E-state index contributed by atoms with van der Waals surface area (Å²) in [6.07, 6.45) is 7.24. The second-order valence-electron chi connectivity index (χ2n) is 5.27. The number of rotatable bonds is 3. The summed E-state index contributed by atoms with van der Waals surface area (Å²) in [5.74, 6) is -0.734. The Kier molecular flexibility index (Phi) is 3.97. The maximum absolute atomic E-state index is 13.4. The molecule has 23 heavy (non-hydrogen) atoms. The number of hydrazine groups is 1. The molecule has 0 radical (unpaired) electrons. The summed E-state index contributed by atoms with van der Waals surface area (Å²) in [7, 11) is 0. The molecule has 2 N–H and O–H groups in total. The minimum Gasteiger partial charge on any atom is -0.478 e. The van der Waals surface area contributed by atoms with E-state index in [1.807, 2.05) is 13.0 Å². The Hall–Kier alpha value is -2.89. The summed E-state index contributed by atoms with van der Waals surface area (Å²) in [6, 6.07) is 6.22. The van der Waals surface area contributed by atoms with Gasteiger partial charge in [0.2, 0.25) is 0 Å². The van der Waals surface area contributed by atoms with Crippen molar-refractivity contribution in [3.05, 3.63) is 65.5 Å². The third kappa shape index (κ3) is 3.15. The normalized spacial score (nSPS) is 20.3. The molecule has 1 aromatic rings. The maximum atomic E-state index is 13.4. The number of hydrogen-bond acceptors (Lipinski definition) is 4. The molecular formula is C17H16FN3O2. The Morgan fingerprint density at radius 3 is 3.04 bits per heavy atom. The van der Waals surface area contributed by atoms with E-state index in [1.165, 1.54) is 12.1 Å². The van der Waals surface area contributed by atoms with E-state index < -0.39 is 5.97 Å². The number of carbonyl (C=O) groups is 1. The number of carboxylic acids is 1. The predicted molar refractivity (Wildman–Crippen MR) is 86.5 cm³/mol. The van der Waals surface area contributed by atoms with Crippen LogP contribution in [0.25, 0.3) is 0 Å². The molecule has 1 aromatic carbocycles. The number of allylic oxidation sites excluding steroid dienone is 2. The highest BCUT2D eigenvalue weighted by Crippen LogP contribution is 2.22. The van der Waals surface area contributed by atoms with E-state index in [1.54, 1.807) is 35.4 Å². The van der Waals surface area contributed by atoms with Crippen molar-refractivity contribution in [1.29, 1.82) is 0 Å². The predicted octanol–water partition coefficient (Wildman–Crippen LogP) is 2.79. The van der Waals surface area contributed by atoms with E-state index in [9.17, 15) is 14.3 Å². The van der Waals surface area contributed by atoms with Crippen LogP contribution in [-0.4, -0.2) is 23.1 Å². The Labute approximate surface area is 133 Å². The summed E-state index contributed by atoms with van der Waals surface area (Å²) in [6.45, 7) is 1.88. The standard InChI is InChI=1S/C17H16FN3O2/c1-11-19-16(12-5-2-3-6-13(9-12)17(22)23)20-21(11)15-8-4-7-14(18)10-15/h3-11H,2H2,1H3,(H,19,20)(H,22,23). The fourth-order valence-corrected chi connectivity index (χ4v) is 2.49. The van der Waals surface area contributed by atoms with Crippen LogP contribution in [0.4, 0.5) is 10.1 Å². The average Bonchev–Trinajstić information content (AvgIpc) is 2.74. The number of hydrogen-bond donors (Lipinski definition) is 2. The van der Waals surface area contributed by atoms with Gasteiger partial charge < -0.3 is 5.11 Å². The Balaban J connectivity index is 1.86. The number of carboxylic acid groups (broad SMARTS) is 1. The fraction of sp³-hybridized carbons (Fsp3) is 0.176. The largest absolute Gasteiger partial charge is 0.478 e. The first-order valence-electron chi connectivity index (χ1n) is 7.26. The molecule has 0 amide bonds. The molecule has 0 aromatic heterocycles. The van der Waals surface area contributed by atoms with Crippen molar-refractivity contribution in [2.24, 2.45) is 4.99 Å². The molecule has 1 atom stereocenters. The molecule has 1 unspecified atom stereocenters. The third-order valence-corrected chi connectivity index (χ3v) is 3.60. The molecule has 1 heterocycles. The molecule has 118 valence electrons. The van der Waals surface area contributed by atoms with Crippen LogP contribution < -0.4 is 10.4 Å². The lowest BCUT2D eigenvalue weighted by atomic mass is 10.1. The van der Waals surface area contributed by atoms with Gasteiger partial charge in [-0.2, -0.15) is 0 Å². The molecule has 0 saturated heterocycles. The van der Waals surface area contributed by atoms with Crippen molar-refractivity contribution in [1.82, 2.24) is 5.43 Å². The summed E-state index contributed by atoms with van der Waals surface area (Å²) < 4.78 is 13.4. The minimum absolute atomic E-state index is 0.204. The van der Waals surface area contributed by atoms with Crippen molar-refractivity contribution in [2.75, 3.05) is 5.01 Å². The summed E-state index contributed by atoms with van der Waals surface area (Å²) >= 11 is 0. The van der Waals surface area contributed by atoms with Crippen LogP contribution in [0.5, 0.6) is 0 Å². The Morgan fingerprint density at radius 2 is 2.30 bits per heavy atom. The molecule has 5 nitrogen and oxygen atoms in total. The van der Waals surface area contributed by atoms with Crippen LogP contribution in [0, 0.1) is 5.82 Å². The van der Waals surface area contributed by atoms with E-state index in [0.29, 0.717) is 23.5 Å². The summed E-state index contributed by atoms with van der Waals surface area (Å²) in [4.78, 5) is 15.7. The molecule has 0 fully saturated rings. The number of benzene rings is 1. The number of nitrogens with one attached hydrogen (secondary N) is 1. The average molecular weight is 313 g/mol. The Bertz CT molecular complexity index is 765. The summed E-state index contributed by atoms with van der Waals surface area (Å²) in [5.41, 5.74) is 4.69. The van der Waals surface area contributed by atoms with E-state index in [0.717, 1.165) is 0 Å². The van der Waals surface area contributed by atoms with E-state index in [2.05, 4.69) is 10.4 Å². The molecule has 6 heteroatoms. The smallest absolute Gasteiger partial charge is 0.335 e. The highest BCUT2D eigenvalue weighted by atomic mass is 19.1. The number of aliphatic carboxylic acids is 1. The van der Waals surface area contributed by atoms with Gasteiger partial charge >= 0.3 is 5.97 Å². The van der Waals surface area contributed by atoms with Gasteiger partial charge in [-0.25, -0.2) is 14.2 Å². The lowest BCUT2D eigenvalue weighted by molar-refractivity contribution is -0.132. The van der Waals surface area contributed by atoms with Gasteiger partial charge in [-0.05, 0) is 37.6 Å². The zero-order chi connectivity index (χ0) is 16.4. The van der Waals surface area contributed by atoms with Crippen LogP contribution in [0.1, 0.15) is 13.3 Å². The van der Waals surface area contributed by atoms with Gasteiger partial charge in [-0.15, -0.1) is 0 Å². The van der Waals surface area contributed by atoms with Gasteiger partial charge in [0.25, 0.3) is 0 Å². The van der Waals surface area contributed by atoms with Crippen LogP contribution >= 0.6 is 0 Å². The zero-order valence-electron chi connectivity index (χ0n) is 12.5. The molecule has 3 rings (SSSR count). The van der Waals surface area contributed by atoms with Crippen molar-refractivity contribution in [2.45, 2.75) is 19.5 Å². The number of nitrogens with zero attached hydrogens (tertiary/aromatic N) is 2. The molecule has 2 aliphatic rings. The molecule has 1 aliphatic carbocycles. The SMILES string of the molecule is CC1N=C(C2=CCC=CC(C(=O)O)=C2)NN1c1cccc(F)c1. The maximum Gasteiger partial charge on any atom is 0.335 e. The van der Waals surface area contributed by atoms with Crippen LogP contribution in [0.3, 0.4) is 0 Å². The first-order valence-corrected chi connectivity index (χ1v) is 7.26. The number of aliphatic imine (C=N–C) groups is 1. The zero-order valence-corrected chi connectivity index (χ0v) is 12.5. The molecular weight excluding hydrogens is 297 g/mol. The fourth-order valence-electron chi connectivity index (χ4n) is 2.49. The number of amidine groups is 1. The van der Waals surface area contributed by atoms with E-state index >= 15 is 0 Å². The van der Waals surface area contributed by atoms with Crippen molar-refractivity contribution >= 4 is 17.5 Å². The van der Waals surface area contributed by atoms with Gasteiger partial charge in [0.05, 0.1) is 11.3 Å². The van der Waals surface area contributed by atoms with Crippen LogP contribution in [0.2, 0.25) is 0 Å². The highest BCUT2D eigenvalue weighted by Gasteiger charge is 2.25. The van der Waals surface area contributed by atoms with Gasteiger partial charge in [-0.3, -0.25) is 10.4 Å². The van der Waals surface area contributed by atoms with Gasteiger partial charge in [0.15, 0.2) is 0 Å². The second-order valence-corrected chi connectivity index (χ2v) is 5.27. The topological polar surface area (TPSA) is 64.9 Å². The molecule has 1 aliphatic heterocycles. The Morgan fingerprint density at radius 1 is 1.48 bits per heavy atom. The molecule has 0 saturated carbocycles. The second kappa shape index (κ2) is 6.08. The van der Waals surface area contributed by atoms with Crippen LogP contribution in [0.15, 0.2) is 64.7 Å². The van der Waals surface area contributed by atoms with E-state index in [-0.39, 0.29) is 17.6 Å². The van der Waals surface area contributed by atoms with Crippen molar-refractivity contribution in [3.8, 4) is 0 Å². The van der Waals surface area contributed by atoms with Crippen molar-refractivity contribution < 1.29 is 14.3 Å². The summed E-state index contributed by atoms with van der Waals surface area (Å²) in [5, 5.41) is 10.9. The minimum atomic E-state index is -0.984. The lowest BCUT2D eigenvalue weighted by Gasteiger charge is -2.23. The van der Waals surface area contributed by atoms with Crippen LogP contribution in [-0.2, 0) is 4.79 Å². The number of anilines is 1. The van der Waals surface area contributed by atoms with Gasteiger partial charge in [-0.1, -0.05) is 24.3 Å². The van der Waals surface area contributed by atoms with Gasteiger partial charge in [0, 0.05) is 5.57 Å². The molecule has 0 spiro atoms. The quantitative estimate of drug-likeness (QED) is 0.900. The monoisotopic (exact) mass is 313 g/mol.